The minimum atomic E-state index is 0.0403. The maximum absolute atomic E-state index is 12.8. The second kappa shape index (κ2) is 8.31. The first kappa shape index (κ1) is 17.0. The molecule has 0 N–H and O–H groups in total. The third kappa shape index (κ3) is 4.36. The van der Waals surface area contributed by atoms with Crippen LogP contribution in [0.4, 0.5) is 0 Å². The molecular weight excluding hydrogens is 322 g/mol. The van der Waals surface area contributed by atoms with Crippen LogP contribution in [-0.4, -0.2) is 36.7 Å². The van der Waals surface area contributed by atoms with Crippen molar-refractivity contribution >= 4 is 17.2 Å². The summed E-state index contributed by atoms with van der Waals surface area (Å²) in [5.74, 6) is 0.812. The van der Waals surface area contributed by atoms with Gasteiger partial charge in [-0.1, -0.05) is 24.3 Å². The number of nitrogens with zero attached hydrogens (tertiary/aromatic N) is 1. The van der Waals surface area contributed by atoms with Gasteiger partial charge in [0.15, 0.2) is 6.61 Å². The molecule has 0 bridgehead atoms. The molecule has 2 aromatic rings. The van der Waals surface area contributed by atoms with Crippen molar-refractivity contribution in [1.82, 2.24) is 4.90 Å². The lowest BCUT2D eigenvalue weighted by Crippen LogP contribution is -2.44. The molecule has 1 fully saturated rings. The Hall–Kier alpha value is -1.85. The number of ether oxygens (including phenoxy) is 2. The standard InChI is InChI=1S/C19H23NO3S/c1-15-5-2-3-7-18(15)23-14-19(21)20(13-17-6-4-12-24-17)16-8-10-22-11-9-16/h2-7,12,16H,8-11,13-14H2,1H3. The summed E-state index contributed by atoms with van der Waals surface area (Å²) in [7, 11) is 0. The molecule has 1 aromatic carbocycles. The quantitative estimate of drug-likeness (QED) is 0.802. The largest absolute Gasteiger partial charge is 0.484 e. The average molecular weight is 345 g/mol. The molecule has 1 aromatic heterocycles. The van der Waals surface area contributed by atoms with Crippen LogP contribution in [0.3, 0.4) is 0 Å². The van der Waals surface area contributed by atoms with Gasteiger partial charge in [-0.05, 0) is 42.8 Å². The summed E-state index contributed by atoms with van der Waals surface area (Å²) in [6, 6.07) is 12.1. The highest BCUT2D eigenvalue weighted by molar-refractivity contribution is 7.09. The molecule has 1 saturated heterocycles. The van der Waals surface area contributed by atoms with Gasteiger partial charge < -0.3 is 14.4 Å². The van der Waals surface area contributed by atoms with Crippen molar-refractivity contribution < 1.29 is 14.3 Å². The molecule has 1 amide bonds. The number of hydrogen-bond donors (Lipinski definition) is 0. The van der Waals surface area contributed by atoms with E-state index in [4.69, 9.17) is 9.47 Å². The van der Waals surface area contributed by atoms with Crippen molar-refractivity contribution in [1.29, 1.82) is 0 Å². The molecule has 0 saturated carbocycles. The Bertz CT molecular complexity index is 650. The van der Waals surface area contributed by atoms with Crippen molar-refractivity contribution in [3.05, 3.63) is 52.2 Å². The zero-order chi connectivity index (χ0) is 16.8. The molecular formula is C19H23NO3S. The minimum Gasteiger partial charge on any atom is -0.484 e. The normalized spacial score (nSPS) is 15.2. The van der Waals surface area contributed by atoms with Gasteiger partial charge in [-0.2, -0.15) is 0 Å². The zero-order valence-corrected chi connectivity index (χ0v) is 14.8. The number of para-hydroxylation sites is 1. The number of benzene rings is 1. The SMILES string of the molecule is Cc1ccccc1OCC(=O)N(Cc1cccs1)C1CCOCC1. The van der Waals surface area contributed by atoms with E-state index >= 15 is 0 Å². The Kier molecular flexibility index (Phi) is 5.88. The van der Waals surface area contributed by atoms with E-state index < -0.39 is 0 Å². The summed E-state index contributed by atoms with van der Waals surface area (Å²) in [6.07, 6.45) is 1.78. The fourth-order valence-electron chi connectivity index (χ4n) is 2.93. The molecule has 0 unspecified atom stereocenters. The number of rotatable bonds is 6. The number of amides is 1. The van der Waals surface area contributed by atoms with E-state index in [0.29, 0.717) is 6.54 Å². The minimum absolute atomic E-state index is 0.0403. The predicted octanol–water partition coefficient (Wildman–Crippen LogP) is 3.64. The Balaban J connectivity index is 1.66. The van der Waals surface area contributed by atoms with E-state index in [1.165, 1.54) is 4.88 Å². The lowest BCUT2D eigenvalue weighted by atomic mass is 10.1. The summed E-state index contributed by atoms with van der Waals surface area (Å²) in [5, 5.41) is 2.05. The molecule has 1 aliphatic rings. The molecule has 24 heavy (non-hydrogen) atoms. The van der Waals surface area contributed by atoms with Gasteiger partial charge in [0.05, 0.1) is 6.54 Å². The van der Waals surface area contributed by atoms with Crippen LogP contribution in [0.5, 0.6) is 5.75 Å². The van der Waals surface area contributed by atoms with Crippen LogP contribution in [-0.2, 0) is 16.1 Å². The van der Waals surface area contributed by atoms with Gasteiger partial charge in [-0.15, -0.1) is 11.3 Å². The molecule has 2 heterocycles. The average Bonchev–Trinajstić information content (AvgIpc) is 3.13. The van der Waals surface area contributed by atoms with Crippen molar-refractivity contribution in [3.63, 3.8) is 0 Å². The second-order valence-corrected chi connectivity index (χ2v) is 7.03. The van der Waals surface area contributed by atoms with Gasteiger partial charge in [-0.25, -0.2) is 0 Å². The molecule has 1 aliphatic heterocycles. The fourth-order valence-corrected chi connectivity index (χ4v) is 3.63. The van der Waals surface area contributed by atoms with Gasteiger partial charge in [0.1, 0.15) is 5.75 Å². The van der Waals surface area contributed by atoms with Crippen LogP contribution in [0.15, 0.2) is 41.8 Å². The molecule has 0 aliphatic carbocycles. The Morgan fingerprint density at radius 1 is 1.25 bits per heavy atom. The zero-order valence-electron chi connectivity index (χ0n) is 13.9. The molecule has 4 nitrogen and oxygen atoms in total. The lowest BCUT2D eigenvalue weighted by molar-refractivity contribution is -0.138. The molecule has 5 heteroatoms. The van der Waals surface area contributed by atoms with Gasteiger partial charge in [0.25, 0.3) is 5.91 Å². The smallest absolute Gasteiger partial charge is 0.261 e. The third-order valence-electron chi connectivity index (χ3n) is 4.30. The van der Waals surface area contributed by atoms with E-state index in [0.717, 1.165) is 37.4 Å². The lowest BCUT2D eigenvalue weighted by Gasteiger charge is -2.34. The van der Waals surface area contributed by atoms with Gasteiger partial charge in [0.2, 0.25) is 0 Å². The number of thiophene rings is 1. The number of carbonyl (C=O) groups is 1. The van der Waals surface area contributed by atoms with Crippen LogP contribution in [0.2, 0.25) is 0 Å². The van der Waals surface area contributed by atoms with E-state index in [-0.39, 0.29) is 18.6 Å². The number of carbonyl (C=O) groups excluding carboxylic acids is 1. The Morgan fingerprint density at radius 2 is 2.04 bits per heavy atom. The summed E-state index contributed by atoms with van der Waals surface area (Å²) in [4.78, 5) is 16.0. The highest BCUT2D eigenvalue weighted by Crippen LogP contribution is 2.21. The molecule has 0 atom stereocenters. The van der Waals surface area contributed by atoms with Gasteiger partial charge >= 0.3 is 0 Å². The van der Waals surface area contributed by atoms with Crippen LogP contribution in [0.25, 0.3) is 0 Å². The van der Waals surface area contributed by atoms with Gasteiger partial charge in [-0.3, -0.25) is 4.79 Å². The number of hydrogen-bond acceptors (Lipinski definition) is 4. The topological polar surface area (TPSA) is 38.8 Å². The highest BCUT2D eigenvalue weighted by atomic mass is 32.1. The van der Waals surface area contributed by atoms with E-state index in [1.807, 2.05) is 47.5 Å². The van der Waals surface area contributed by atoms with Crippen molar-refractivity contribution in [3.8, 4) is 5.75 Å². The summed E-state index contributed by atoms with van der Waals surface area (Å²) >= 11 is 1.68. The molecule has 0 radical (unpaired) electrons. The van der Waals surface area contributed by atoms with Crippen LogP contribution < -0.4 is 4.74 Å². The van der Waals surface area contributed by atoms with Gasteiger partial charge in [0, 0.05) is 24.1 Å². The second-order valence-electron chi connectivity index (χ2n) is 6.00. The van der Waals surface area contributed by atoms with Crippen molar-refractivity contribution in [2.45, 2.75) is 32.4 Å². The van der Waals surface area contributed by atoms with E-state index in [1.54, 1.807) is 11.3 Å². The first-order valence-corrected chi connectivity index (χ1v) is 9.20. The highest BCUT2D eigenvalue weighted by Gasteiger charge is 2.26. The van der Waals surface area contributed by atoms with Crippen molar-refractivity contribution in [2.24, 2.45) is 0 Å². The monoisotopic (exact) mass is 345 g/mol. The maximum Gasteiger partial charge on any atom is 0.261 e. The predicted molar refractivity (Wildman–Crippen MR) is 95.4 cm³/mol. The Labute approximate surface area is 147 Å². The number of aryl methyl sites for hydroxylation is 1. The summed E-state index contributed by atoms with van der Waals surface area (Å²) in [5.41, 5.74) is 1.04. The molecule has 0 spiro atoms. The Morgan fingerprint density at radius 3 is 2.75 bits per heavy atom. The maximum atomic E-state index is 12.8. The molecule has 3 rings (SSSR count). The third-order valence-corrected chi connectivity index (χ3v) is 5.16. The van der Waals surface area contributed by atoms with Crippen molar-refractivity contribution in [2.75, 3.05) is 19.8 Å². The van der Waals surface area contributed by atoms with Crippen LogP contribution in [0.1, 0.15) is 23.3 Å². The first-order valence-electron chi connectivity index (χ1n) is 8.32. The van der Waals surface area contributed by atoms with Crippen LogP contribution in [0, 0.1) is 6.92 Å². The summed E-state index contributed by atoms with van der Waals surface area (Å²) < 4.78 is 11.2. The first-order chi connectivity index (χ1) is 11.7. The summed E-state index contributed by atoms with van der Waals surface area (Å²) in [6.45, 7) is 4.16. The van der Waals surface area contributed by atoms with E-state index in [9.17, 15) is 4.79 Å². The van der Waals surface area contributed by atoms with E-state index in [2.05, 4.69) is 6.07 Å². The fraction of sp³-hybridized carbons (Fsp3) is 0.421. The van der Waals surface area contributed by atoms with Crippen LogP contribution >= 0.6 is 11.3 Å². The molecule has 128 valence electrons.